The van der Waals surface area contributed by atoms with Gasteiger partial charge in [-0.05, 0) is 34.7 Å². The molecule has 2 aromatic carbocycles. The van der Waals surface area contributed by atoms with Crippen molar-refractivity contribution in [3.05, 3.63) is 71.2 Å². The number of piperazine rings is 1. The molecule has 1 aliphatic rings. The molecule has 1 fully saturated rings. The first kappa shape index (κ1) is 37.2. The van der Waals surface area contributed by atoms with Gasteiger partial charge in [-0.25, -0.2) is 21.9 Å². The number of carboxylic acids is 1. The maximum absolute atomic E-state index is 13.1. The molecular formula is C28H33F5N7O6S-. The highest BCUT2D eigenvalue weighted by atomic mass is 32.2. The van der Waals surface area contributed by atoms with Gasteiger partial charge >= 0.3 is 12.3 Å². The van der Waals surface area contributed by atoms with Gasteiger partial charge in [0.1, 0.15) is 18.3 Å². The normalized spacial score (nSPS) is 16.0. The van der Waals surface area contributed by atoms with Crippen molar-refractivity contribution in [1.82, 2.24) is 29.4 Å². The number of alkyl halides is 5. The molecule has 13 nitrogen and oxygen atoms in total. The van der Waals surface area contributed by atoms with Crippen LogP contribution in [0.5, 0.6) is 5.75 Å². The Hall–Kier alpha value is -4.23. The maximum Gasteiger partial charge on any atom is 0.573 e. The lowest BCUT2D eigenvalue weighted by Crippen LogP contribution is -2.59. The Balaban J connectivity index is 0.000000386. The monoisotopic (exact) mass is 690 g/mol. The Bertz CT molecular complexity index is 1620. The van der Waals surface area contributed by atoms with Crippen LogP contribution in [0.2, 0.25) is 0 Å². The molecule has 47 heavy (non-hydrogen) atoms. The molecule has 3 aromatic rings. The number of aliphatic carboxylic acids is 1. The summed E-state index contributed by atoms with van der Waals surface area (Å²) in [7, 11) is -4.39. The average Bonchev–Trinajstić information content (AvgIpc) is 3.49. The lowest BCUT2D eigenvalue weighted by atomic mass is 10.0. The van der Waals surface area contributed by atoms with Crippen LogP contribution in [0.25, 0.3) is 5.73 Å². The minimum absolute atomic E-state index is 0.0344. The Labute approximate surface area is 267 Å². The SMILES string of the molecule is CC(C)c1nnnn1CC(=O)N1CCN(S(=O)(=O)c2ccc(OC(F)(F)F)cc2)[C@@H](C(=O)O)C1.CCC(F)(F)c1ccc(C[NH-])cc1. The van der Waals surface area contributed by atoms with Crippen molar-refractivity contribution in [3.8, 4) is 5.75 Å². The lowest BCUT2D eigenvalue weighted by Gasteiger charge is -2.38. The summed E-state index contributed by atoms with van der Waals surface area (Å²) in [5.74, 6) is -4.94. The van der Waals surface area contributed by atoms with Crippen molar-refractivity contribution >= 4 is 21.9 Å². The van der Waals surface area contributed by atoms with Gasteiger partial charge in [0.05, 0.1) is 4.90 Å². The number of sulfonamides is 1. The standard InChI is InChI=1S/C18H21F3N6O6S.C10H12F2N/c1-11(2)16-22-23-24-26(16)10-15(28)25-7-8-27(14(9-25)17(29)30)34(31,32)13-5-3-12(4-6-13)33-18(19,20)21;1-2-10(11,12)9-5-3-8(7-13)4-6-9/h3-6,11,14H,7-10H2,1-2H3,(H,29,30);3-6,13H,2,7H2,1H3/q;-1/t14-;/m1./s1. The van der Waals surface area contributed by atoms with Crippen molar-refractivity contribution < 1.29 is 49.8 Å². The summed E-state index contributed by atoms with van der Waals surface area (Å²) in [5, 5.41) is 20.8. The Morgan fingerprint density at radius 2 is 1.66 bits per heavy atom. The molecule has 0 aliphatic carbocycles. The number of nitrogens with one attached hydrogen (secondary N) is 1. The second kappa shape index (κ2) is 15.1. The van der Waals surface area contributed by atoms with Gasteiger partial charge in [-0.1, -0.05) is 50.6 Å². The summed E-state index contributed by atoms with van der Waals surface area (Å²) in [4.78, 5) is 25.4. The number of hydrogen-bond donors (Lipinski definition) is 1. The first-order chi connectivity index (χ1) is 21.9. The summed E-state index contributed by atoms with van der Waals surface area (Å²) >= 11 is 0. The fourth-order valence-electron chi connectivity index (χ4n) is 4.47. The molecule has 0 saturated carbocycles. The molecule has 258 valence electrons. The van der Waals surface area contributed by atoms with Crippen molar-refractivity contribution in [2.24, 2.45) is 0 Å². The van der Waals surface area contributed by atoms with Gasteiger partial charge in [0.25, 0.3) is 5.92 Å². The van der Waals surface area contributed by atoms with Crippen LogP contribution in [-0.4, -0.2) is 86.9 Å². The number of aromatic nitrogens is 4. The molecule has 0 unspecified atom stereocenters. The molecule has 4 rings (SSSR count). The van der Waals surface area contributed by atoms with E-state index in [1.807, 2.05) is 13.8 Å². The van der Waals surface area contributed by atoms with E-state index in [0.717, 1.165) is 29.8 Å². The van der Waals surface area contributed by atoms with Crippen LogP contribution in [0.4, 0.5) is 22.0 Å². The van der Waals surface area contributed by atoms with E-state index in [1.54, 1.807) is 12.1 Å². The van der Waals surface area contributed by atoms with Crippen LogP contribution < -0.4 is 4.74 Å². The minimum atomic E-state index is -4.95. The fraction of sp³-hybridized carbons (Fsp3) is 0.464. The first-order valence-corrected chi connectivity index (χ1v) is 15.6. The van der Waals surface area contributed by atoms with Crippen molar-refractivity contribution in [1.29, 1.82) is 0 Å². The van der Waals surface area contributed by atoms with Gasteiger partial charge in [0.15, 0.2) is 5.82 Å². The molecule has 2 heterocycles. The molecule has 0 radical (unpaired) electrons. The number of halogens is 5. The highest BCUT2D eigenvalue weighted by Crippen LogP contribution is 2.31. The van der Waals surface area contributed by atoms with E-state index in [2.05, 4.69) is 20.3 Å². The zero-order chi connectivity index (χ0) is 35.2. The summed E-state index contributed by atoms with van der Waals surface area (Å²) in [5.41, 5.74) is 7.82. The molecule has 0 bridgehead atoms. The maximum atomic E-state index is 13.1. The number of ether oxygens (including phenoxy) is 1. The summed E-state index contributed by atoms with van der Waals surface area (Å²) in [6.45, 7) is 4.14. The molecule has 19 heteroatoms. The zero-order valence-corrected chi connectivity index (χ0v) is 26.3. The second-order valence-electron chi connectivity index (χ2n) is 10.6. The zero-order valence-electron chi connectivity index (χ0n) is 25.5. The predicted molar refractivity (Wildman–Crippen MR) is 156 cm³/mol. The molecule has 1 atom stereocenters. The predicted octanol–water partition coefficient (Wildman–Crippen LogP) is 4.42. The second-order valence-corrected chi connectivity index (χ2v) is 12.5. The number of carbonyl (C=O) groups excluding carboxylic acids is 1. The minimum Gasteiger partial charge on any atom is -0.674 e. The van der Waals surface area contributed by atoms with Crippen LogP contribution in [0.15, 0.2) is 53.4 Å². The Morgan fingerprint density at radius 1 is 1.04 bits per heavy atom. The quantitative estimate of drug-likeness (QED) is 0.302. The van der Waals surface area contributed by atoms with E-state index < -0.39 is 57.4 Å². The number of nitrogens with zero attached hydrogens (tertiary/aromatic N) is 6. The molecule has 1 saturated heterocycles. The Morgan fingerprint density at radius 3 is 2.17 bits per heavy atom. The number of rotatable bonds is 10. The number of benzene rings is 2. The molecule has 0 spiro atoms. The third-order valence-corrected chi connectivity index (χ3v) is 8.94. The van der Waals surface area contributed by atoms with Crippen LogP contribution >= 0.6 is 0 Å². The average molecular weight is 691 g/mol. The van der Waals surface area contributed by atoms with Gasteiger partial charge < -0.3 is 20.5 Å². The van der Waals surface area contributed by atoms with Crippen molar-refractivity contribution in [3.63, 3.8) is 0 Å². The third kappa shape index (κ3) is 9.64. The van der Waals surface area contributed by atoms with Gasteiger partial charge in [0, 0.05) is 37.5 Å². The van der Waals surface area contributed by atoms with Crippen molar-refractivity contribution in [2.75, 3.05) is 19.6 Å². The van der Waals surface area contributed by atoms with Gasteiger partial charge in [-0.15, -0.1) is 24.8 Å². The van der Waals surface area contributed by atoms with E-state index in [9.17, 15) is 45.1 Å². The topological polar surface area (TPSA) is 172 Å². The van der Waals surface area contributed by atoms with Gasteiger partial charge in [-0.2, -0.15) is 4.31 Å². The van der Waals surface area contributed by atoms with E-state index in [0.29, 0.717) is 10.1 Å². The van der Waals surface area contributed by atoms with E-state index >= 15 is 0 Å². The molecule has 1 aliphatic heterocycles. The molecule has 1 amide bonds. The smallest absolute Gasteiger partial charge is 0.573 e. The lowest BCUT2D eigenvalue weighted by molar-refractivity contribution is -0.274. The van der Waals surface area contributed by atoms with Crippen molar-refractivity contribution in [2.45, 2.75) is 69.4 Å². The van der Waals surface area contributed by atoms with Gasteiger partial charge in [-0.3, -0.25) is 9.59 Å². The van der Waals surface area contributed by atoms with Crippen LogP contribution in [0, 0.1) is 0 Å². The van der Waals surface area contributed by atoms with Gasteiger partial charge in [0.2, 0.25) is 15.9 Å². The first-order valence-electron chi connectivity index (χ1n) is 14.2. The third-order valence-electron chi connectivity index (χ3n) is 7.02. The number of carbonyl (C=O) groups is 2. The summed E-state index contributed by atoms with van der Waals surface area (Å²) in [6.07, 6.45) is -5.14. The highest BCUT2D eigenvalue weighted by Gasteiger charge is 2.42. The fourth-order valence-corrected chi connectivity index (χ4v) is 6.03. The van der Waals surface area contributed by atoms with E-state index in [4.69, 9.17) is 5.73 Å². The van der Waals surface area contributed by atoms with E-state index in [-0.39, 0.29) is 44.1 Å². The van der Waals surface area contributed by atoms with Crippen LogP contribution in [-0.2, 0) is 38.6 Å². The number of amides is 1. The summed E-state index contributed by atoms with van der Waals surface area (Å²) in [6, 6.07) is 7.74. The summed E-state index contributed by atoms with van der Waals surface area (Å²) < 4.78 is 94.9. The van der Waals surface area contributed by atoms with Crippen LogP contribution in [0.3, 0.4) is 0 Å². The highest BCUT2D eigenvalue weighted by molar-refractivity contribution is 7.89. The molecular weight excluding hydrogens is 657 g/mol. The largest absolute Gasteiger partial charge is 0.674 e. The molecule has 1 aromatic heterocycles. The van der Waals surface area contributed by atoms with Crippen LogP contribution in [0.1, 0.15) is 50.1 Å². The Kier molecular flexibility index (Phi) is 12.0. The number of tetrazole rings is 1. The van der Waals surface area contributed by atoms with E-state index in [1.165, 1.54) is 28.6 Å². The molecule has 2 N–H and O–H groups in total. The number of carboxylic acid groups (broad SMARTS) is 1. The number of hydrogen-bond acceptors (Lipinski definition) is 8.